The number of aromatic nitrogens is 3. The van der Waals surface area contributed by atoms with Gasteiger partial charge in [0, 0.05) is 12.1 Å². The van der Waals surface area contributed by atoms with Crippen LogP contribution in [-0.2, 0) is 6.54 Å². The lowest BCUT2D eigenvalue weighted by Gasteiger charge is -2.12. The van der Waals surface area contributed by atoms with Gasteiger partial charge in [-0.25, -0.2) is 9.48 Å². The number of nitrogens with two attached hydrogens (primary N) is 1. The molecule has 0 radical (unpaired) electrons. The number of hydrogen-bond donors (Lipinski definition) is 2. The van der Waals surface area contributed by atoms with Crippen LogP contribution in [0.3, 0.4) is 0 Å². The van der Waals surface area contributed by atoms with Gasteiger partial charge in [-0.05, 0) is 30.5 Å². The first-order chi connectivity index (χ1) is 10.9. The molecular weight excluding hydrogens is 296 g/mol. The monoisotopic (exact) mass is 318 g/mol. The molecule has 2 aromatic rings. The van der Waals surface area contributed by atoms with Crippen LogP contribution in [0.15, 0.2) is 18.2 Å². The average Bonchev–Trinajstić information content (AvgIpc) is 2.89. The van der Waals surface area contributed by atoms with Crippen LogP contribution in [0.25, 0.3) is 11.3 Å². The van der Waals surface area contributed by atoms with E-state index in [0.29, 0.717) is 41.8 Å². The number of aromatic carboxylic acids is 1. The molecule has 0 unspecified atom stereocenters. The third-order valence-electron chi connectivity index (χ3n) is 3.22. The average molecular weight is 318 g/mol. The predicted octanol–water partition coefficient (Wildman–Crippen LogP) is 2.67. The van der Waals surface area contributed by atoms with Crippen molar-refractivity contribution in [2.45, 2.75) is 33.7 Å². The molecule has 0 amide bonds. The minimum absolute atomic E-state index is 0.0766. The Bertz CT molecular complexity index is 695. The number of carbonyl (C=O) groups is 1. The van der Waals surface area contributed by atoms with Gasteiger partial charge in [-0.1, -0.05) is 26.0 Å². The van der Waals surface area contributed by atoms with E-state index in [1.165, 1.54) is 0 Å². The number of benzene rings is 1. The van der Waals surface area contributed by atoms with E-state index in [2.05, 4.69) is 10.3 Å². The second-order valence-corrected chi connectivity index (χ2v) is 5.77. The molecule has 1 heterocycles. The molecule has 3 N–H and O–H groups in total. The van der Waals surface area contributed by atoms with Gasteiger partial charge < -0.3 is 15.6 Å². The van der Waals surface area contributed by atoms with Crippen molar-refractivity contribution in [2.75, 3.05) is 12.3 Å². The van der Waals surface area contributed by atoms with E-state index in [9.17, 15) is 9.90 Å². The molecule has 0 saturated carbocycles. The summed E-state index contributed by atoms with van der Waals surface area (Å²) in [4.78, 5) is 11.4. The molecule has 124 valence electrons. The lowest BCUT2D eigenvalue weighted by Crippen LogP contribution is -2.09. The highest BCUT2D eigenvalue weighted by molar-refractivity contribution is 5.93. The van der Waals surface area contributed by atoms with E-state index in [1.54, 1.807) is 22.9 Å². The second-order valence-electron chi connectivity index (χ2n) is 5.77. The van der Waals surface area contributed by atoms with Gasteiger partial charge in [0.1, 0.15) is 11.4 Å². The van der Waals surface area contributed by atoms with Crippen LogP contribution < -0.4 is 10.5 Å². The van der Waals surface area contributed by atoms with E-state index >= 15 is 0 Å². The number of nitrogen functional groups attached to an aromatic ring is 1. The third kappa shape index (κ3) is 3.80. The van der Waals surface area contributed by atoms with Crippen LogP contribution >= 0.6 is 0 Å². The smallest absolute Gasteiger partial charge is 0.358 e. The zero-order valence-corrected chi connectivity index (χ0v) is 13.6. The maximum atomic E-state index is 11.4. The fourth-order valence-corrected chi connectivity index (χ4v) is 2.26. The largest absolute Gasteiger partial charge is 0.491 e. The summed E-state index contributed by atoms with van der Waals surface area (Å²) in [7, 11) is 0. The normalized spacial score (nSPS) is 11.0. The predicted molar refractivity (Wildman–Crippen MR) is 87.5 cm³/mol. The van der Waals surface area contributed by atoms with Crippen molar-refractivity contribution in [1.29, 1.82) is 0 Å². The molecule has 0 fully saturated rings. The van der Waals surface area contributed by atoms with Crippen LogP contribution in [0, 0.1) is 5.92 Å². The molecule has 0 spiro atoms. The SMILES string of the molecule is CCCOc1ccc(-c2c(C(=O)O)nnn2CC(C)C)cc1N. The second kappa shape index (κ2) is 7.13. The Morgan fingerprint density at radius 1 is 1.43 bits per heavy atom. The summed E-state index contributed by atoms with van der Waals surface area (Å²) in [5.41, 5.74) is 7.53. The summed E-state index contributed by atoms with van der Waals surface area (Å²) in [6, 6.07) is 5.23. The van der Waals surface area contributed by atoms with Crippen molar-refractivity contribution in [3.05, 3.63) is 23.9 Å². The van der Waals surface area contributed by atoms with Crippen molar-refractivity contribution in [1.82, 2.24) is 15.0 Å². The lowest BCUT2D eigenvalue weighted by molar-refractivity contribution is 0.0691. The van der Waals surface area contributed by atoms with Crippen LogP contribution in [0.1, 0.15) is 37.7 Å². The van der Waals surface area contributed by atoms with E-state index in [-0.39, 0.29) is 5.69 Å². The summed E-state index contributed by atoms with van der Waals surface area (Å²) < 4.78 is 7.16. The molecule has 0 atom stereocenters. The highest BCUT2D eigenvalue weighted by Gasteiger charge is 2.21. The van der Waals surface area contributed by atoms with Gasteiger partial charge in [0.05, 0.1) is 12.3 Å². The molecule has 0 aliphatic carbocycles. The fourth-order valence-electron chi connectivity index (χ4n) is 2.26. The van der Waals surface area contributed by atoms with Crippen molar-refractivity contribution >= 4 is 11.7 Å². The maximum Gasteiger partial charge on any atom is 0.358 e. The Balaban J connectivity index is 2.45. The number of carboxylic acid groups (broad SMARTS) is 1. The first-order valence-electron chi connectivity index (χ1n) is 7.63. The van der Waals surface area contributed by atoms with Gasteiger partial charge >= 0.3 is 5.97 Å². The standard InChI is InChI=1S/C16H22N4O3/c1-4-7-23-13-6-5-11(8-12(13)17)15-14(16(21)22)18-19-20(15)9-10(2)3/h5-6,8,10H,4,7,9,17H2,1-3H3,(H,21,22). The highest BCUT2D eigenvalue weighted by Crippen LogP contribution is 2.30. The topological polar surface area (TPSA) is 103 Å². The number of carboxylic acids is 1. The number of rotatable bonds is 7. The van der Waals surface area contributed by atoms with Crippen molar-refractivity contribution in [3.63, 3.8) is 0 Å². The number of nitrogens with zero attached hydrogens (tertiary/aromatic N) is 3. The third-order valence-corrected chi connectivity index (χ3v) is 3.22. The summed E-state index contributed by atoms with van der Waals surface area (Å²) in [5.74, 6) is -0.211. The minimum atomic E-state index is -1.11. The van der Waals surface area contributed by atoms with Crippen LogP contribution in [-0.4, -0.2) is 32.7 Å². The molecule has 0 aliphatic heterocycles. The highest BCUT2D eigenvalue weighted by atomic mass is 16.5. The van der Waals surface area contributed by atoms with Crippen LogP contribution in [0.2, 0.25) is 0 Å². The van der Waals surface area contributed by atoms with Gasteiger partial charge in [-0.3, -0.25) is 0 Å². The molecule has 7 nitrogen and oxygen atoms in total. The quantitative estimate of drug-likeness (QED) is 0.761. The molecule has 0 bridgehead atoms. The molecule has 0 aliphatic rings. The zero-order chi connectivity index (χ0) is 17.0. The first kappa shape index (κ1) is 16.8. The summed E-state index contributed by atoms with van der Waals surface area (Å²) >= 11 is 0. The molecule has 23 heavy (non-hydrogen) atoms. The van der Waals surface area contributed by atoms with Crippen LogP contribution in [0.4, 0.5) is 5.69 Å². The number of hydrogen-bond acceptors (Lipinski definition) is 5. The molecule has 7 heteroatoms. The van der Waals surface area contributed by atoms with Gasteiger partial charge in [-0.2, -0.15) is 0 Å². The van der Waals surface area contributed by atoms with E-state index in [1.807, 2.05) is 20.8 Å². The molecule has 1 aromatic carbocycles. The Hall–Kier alpha value is -2.57. The Kier molecular flexibility index (Phi) is 5.20. The van der Waals surface area contributed by atoms with Crippen LogP contribution in [0.5, 0.6) is 5.75 Å². The Morgan fingerprint density at radius 2 is 2.17 bits per heavy atom. The zero-order valence-electron chi connectivity index (χ0n) is 13.6. The summed E-state index contributed by atoms with van der Waals surface area (Å²) in [6.45, 7) is 7.23. The minimum Gasteiger partial charge on any atom is -0.491 e. The summed E-state index contributed by atoms with van der Waals surface area (Å²) in [5, 5.41) is 17.1. The van der Waals surface area contributed by atoms with Gasteiger partial charge in [-0.15, -0.1) is 5.10 Å². The maximum absolute atomic E-state index is 11.4. The number of anilines is 1. The Labute approximate surface area is 135 Å². The van der Waals surface area contributed by atoms with Crippen molar-refractivity contribution in [2.24, 2.45) is 5.92 Å². The van der Waals surface area contributed by atoms with Crippen molar-refractivity contribution < 1.29 is 14.6 Å². The van der Waals surface area contributed by atoms with Gasteiger partial charge in [0.2, 0.25) is 0 Å². The Morgan fingerprint density at radius 3 is 2.74 bits per heavy atom. The van der Waals surface area contributed by atoms with E-state index in [0.717, 1.165) is 6.42 Å². The fraction of sp³-hybridized carbons (Fsp3) is 0.438. The van der Waals surface area contributed by atoms with Gasteiger partial charge in [0.15, 0.2) is 5.69 Å². The lowest BCUT2D eigenvalue weighted by atomic mass is 10.1. The van der Waals surface area contributed by atoms with E-state index in [4.69, 9.17) is 10.5 Å². The molecule has 0 saturated heterocycles. The molecular formula is C16H22N4O3. The van der Waals surface area contributed by atoms with E-state index < -0.39 is 5.97 Å². The number of ether oxygens (including phenoxy) is 1. The molecule has 1 aromatic heterocycles. The first-order valence-corrected chi connectivity index (χ1v) is 7.63. The van der Waals surface area contributed by atoms with Gasteiger partial charge in [0.25, 0.3) is 0 Å². The van der Waals surface area contributed by atoms with Crippen molar-refractivity contribution in [3.8, 4) is 17.0 Å². The molecule has 2 rings (SSSR count). The summed E-state index contributed by atoms with van der Waals surface area (Å²) in [6.07, 6.45) is 0.884.